The fraction of sp³-hybridized carbons (Fsp3) is 0.360. The normalized spacial score (nSPS) is 17.8. The van der Waals surface area contributed by atoms with Gasteiger partial charge in [0.15, 0.2) is 5.11 Å². The summed E-state index contributed by atoms with van der Waals surface area (Å²) in [4.78, 5) is 23.1. The van der Waals surface area contributed by atoms with Crippen molar-refractivity contribution in [2.24, 2.45) is 0 Å². The number of carbonyl (C=O) groups excluding carboxylic acids is 1. The molecule has 4 rings (SSSR count). The first-order valence-corrected chi connectivity index (χ1v) is 11.5. The highest BCUT2D eigenvalue weighted by atomic mass is 32.1. The van der Waals surface area contributed by atoms with E-state index in [0.29, 0.717) is 24.5 Å². The Morgan fingerprint density at radius 2 is 1.97 bits per heavy atom. The van der Waals surface area contributed by atoms with Crippen LogP contribution in [0.5, 0.6) is 0 Å². The van der Waals surface area contributed by atoms with Crippen LogP contribution < -0.4 is 5.32 Å². The second kappa shape index (κ2) is 9.70. The lowest BCUT2D eigenvalue weighted by atomic mass is 9.96. The molecule has 7 nitrogen and oxygen atoms in total. The van der Waals surface area contributed by atoms with E-state index in [1.54, 1.807) is 6.20 Å². The van der Waals surface area contributed by atoms with Gasteiger partial charge in [-0.25, -0.2) is 4.98 Å². The zero-order chi connectivity index (χ0) is 23.5. The van der Waals surface area contributed by atoms with Crippen LogP contribution in [0, 0.1) is 20.8 Å². The van der Waals surface area contributed by atoms with E-state index < -0.39 is 0 Å². The molecule has 4 heterocycles. The largest absolute Gasteiger partial charge is 0.469 e. The van der Waals surface area contributed by atoms with Crippen LogP contribution in [0.2, 0.25) is 0 Å². The number of thiocarbonyl (C=S) groups is 1. The molecule has 0 spiro atoms. The van der Waals surface area contributed by atoms with Crippen LogP contribution >= 0.6 is 12.2 Å². The predicted octanol–water partition coefficient (Wildman–Crippen LogP) is 4.12. The zero-order valence-electron chi connectivity index (χ0n) is 19.4. The minimum atomic E-state index is -0.213. The third kappa shape index (κ3) is 4.61. The summed E-state index contributed by atoms with van der Waals surface area (Å²) in [5.74, 6) is 0.686. The number of hydrogen-bond donors (Lipinski definition) is 1. The summed E-state index contributed by atoms with van der Waals surface area (Å²) >= 11 is 5.75. The van der Waals surface area contributed by atoms with Crippen molar-refractivity contribution in [2.45, 2.75) is 45.7 Å². The average molecular weight is 464 g/mol. The maximum Gasteiger partial charge on any atom is 0.305 e. The quantitative estimate of drug-likeness (QED) is 0.417. The van der Waals surface area contributed by atoms with Crippen molar-refractivity contribution in [1.82, 2.24) is 24.8 Å². The summed E-state index contributed by atoms with van der Waals surface area (Å²) in [6.45, 7) is 6.93. The molecule has 0 aromatic carbocycles. The molecule has 0 radical (unpaired) electrons. The van der Waals surface area contributed by atoms with Crippen LogP contribution in [-0.2, 0) is 9.53 Å². The second-order valence-corrected chi connectivity index (χ2v) is 8.74. The first-order valence-electron chi connectivity index (χ1n) is 11.1. The standard InChI is InChI=1S/C25H29N5O2S/c1-16-10-12-27-21(14-16)30-17(2)15-19(18(30)3)24-23(20-8-5-6-11-26-20)28-25(33)29(24)13-7-9-22(31)32-4/h5-6,8,10-12,14-15,23-24H,7,9,13H2,1-4H3,(H,28,33). The molecule has 0 bridgehead atoms. The number of rotatable bonds is 7. The molecule has 3 aromatic rings. The lowest BCUT2D eigenvalue weighted by Gasteiger charge is -2.28. The van der Waals surface area contributed by atoms with Gasteiger partial charge >= 0.3 is 5.97 Å². The number of esters is 1. The third-order valence-electron chi connectivity index (χ3n) is 6.12. The Labute approximate surface area is 199 Å². The molecule has 2 atom stereocenters. The van der Waals surface area contributed by atoms with E-state index in [1.807, 2.05) is 30.5 Å². The fourth-order valence-electron chi connectivity index (χ4n) is 4.56. The Kier molecular flexibility index (Phi) is 6.74. The van der Waals surface area contributed by atoms with Crippen LogP contribution in [0.4, 0.5) is 0 Å². The maximum atomic E-state index is 11.7. The van der Waals surface area contributed by atoms with Gasteiger partial charge in [0.1, 0.15) is 5.82 Å². The van der Waals surface area contributed by atoms with Crippen molar-refractivity contribution in [3.05, 3.63) is 77.0 Å². The highest BCUT2D eigenvalue weighted by molar-refractivity contribution is 7.80. The molecule has 8 heteroatoms. The number of aryl methyl sites for hydroxylation is 2. The summed E-state index contributed by atoms with van der Waals surface area (Å²) in [6, 6.07) is 12.1. The van der Waals surface area contributed by atoms with Gasteiger partial charge in [0.25, 0.3) is 0 Å². The number of nitrogens with zero attached hydrogens (tertiary/aromatic N) is 4. The van der Waals surface area contributed by atoms with Gasteiger partial charge < -0.3 is 19.5 Å². The molecule has 0 saturated carbocycles. The first-order chi connectivity index (χ1) is 15.9. The van der Waals surface area contributed by atoms with E-state index >= 15 is 0 Å². The maximum absolute atomic E-state index is 11.7. The molecule has 0 aliphatic carbocycles. The van der Waals surface area contributed by atoms with Crippen LogP contribution in [0.25, 0.3) is 5.82 Å². The van der Waals surface area contributed by atoms with Gasteiger partial charge in [0.2, 0.25) is 0 Å². The number of ether oxygens (including phenoxy) is 1. The Hall–Kier alpha value is -3.26. The van der Waals surface area contributed by atoms with Crippen molar-refractivity contribution in [1.29, 1.82) is 0 Å². The number of aromatic nitrogens is 3. The lowest BCUT2D eigenvalue weighted by Crippen LogP contribution is -2.31. The van der Waals surface area contributed by atoms with E-state index in [1.165, 1.54) is 7.11 Å². The molecule has 1 saturated heterocycles. The number of nitrogens with one attached hydrogen (secondary N) is 1. The molecule has 33 heavy (non-hydrogen) atoms. The van der Waals surface area contributed by atoms with Gasteiger partial charge in [-0.2, -0.15) is 0 Å². The third-order valence-corrected chi connectivity index (χ3v) is 6.48. The number of hydrogen-bond acceptors (Lipinski definition) is 5. The average Bonchev–Trinajstić information content (AvgIpc) is 3.29. The van der Waals surface area contributed by atoms with Crippen molar-refractivity contribution in [2.75, 3.05) is 13.7 Å². The smallest absolute Gasteiger partial charge is 0.305 e. The molecule has 3 aromatic heterocycles. The number of carbonyl (C=O) groups is 1. The van der Waals surface area contributed by atoms with Crippen molar-refractivity contribution >= 4 is 23.3 Å². The monoisotopic (exact) mass is 463 g/mol. The zero-order valence-corrected chi connectivity index (χ0v) is 20.2. The molecular formula is C25H29N5O2S. The van der Waals surface area contributed by atoms with E-state index in [-0.39, 0.29) is 18.1 Å². The van der Waals surface area contributed by atoms with Gasteiger partial charge in [-0.15, -0.1) is 0 Å². The molecule has 1 aliphatic rings. The lowest BCUT2D eigenvalue weighted by molar-refractivity contribution is -0.140. The predicted molar refractivity (Wildman–Crippen MR) is 131 cm³/mol. The van der Waals surface area contributed by atoms with E-state index in [9.17, 15) is 4.79 Å². The summed E-state index contributed by atoms with van der Waals surface area (Å²) in [5.41, 5.74) is 5.47. The van der Waals surface area contributed by atoms with E-state index in [0.717, 1.165) is 34.0 Å². The summed E-state index contributed by atoms with van der Waals surface area (Å²) in [6.07, 6.45) is 4.64. The van der Waals surface area contributed by atoms with Gasteiger partial charge in [0.05, 0.1) is 24.9 Å². The molecule has 1 aliphatic heterocycles. The van der Waals surface area contributed by atoms with Crippen LogP contribution in [-0.4, -0.2) is 44.2 Å². The van der Waals surface area contributed by atoms with Crippen molar-refractivity contribution < 1.29 is 9.53 Å². The molecule has 0 amide bonds. The van der Waals surface area contributed by atoms with E-state index in [4.69, 9.17) is 17.0 Å². The van der Waals surface area contributed by atoms with Gasteiger partial charge in [-0.05, 0) is 80.9 Å². The minimum Gasteiger partial charge on any atom is -0.469 e. The summed E-state index contributed by atoms with van der Waals surface area (Å²) < 4.78 is 7.00. The molecule has 2 unspecified atom stereocenters. The van der Waals surface area contributed by atoms with Crippen LogP contribution in [0.3, 0.4) is 0 Å². The first kappa shape index (κ1) is 22.9. The van der Waals surface area contributed by atoms with Crippen LogP contribution in [0.15, 0.2) is 48.8 Å². The van der Waals surface area contributed by atoms with Crippen molar-refractivity contribution in [3.8, 4) is 5.82 Å². The van der Waals surface area contributed by atoms with E-state index in [2.05, 4.69) is 57.7 Å². The summed E-state index contributed by atoms with van der Waals surface area (Å²) in [5, 5.41) is 4.15. The molecule has 1 fully saturated rings. The highest BCUT2D eigenvalue weighted by Crippen LogP contribution is 2.41. The topological polar surface area (TPSA) is 72.3 Å². The highest BCUT2D eigenvalue weighted by Gasteiger charge is 2.41. The Bertz CT molecular complexity index is 1160. The summed E-state index contributed by atoms with van der Waals surface area (Å²) in [7, 11) is 1.42. The minimum absolute atomic E-state index is 0.0604. The fourth-order valence-corrected chi connectivity index (χ4v) is 4.89. The van der Waals surface area contributed by atoms with Gasteiger partial charge in [-0.1, -0.05) is 6.07 Å². The van der Waals surface area contributed by atoms with Crippen molar-refractivity contribution in [3.63, 3.8) is 0 Å². The van der Waals surface area contributed by atoms with Gasteiger partial charge in [0, 0.05) is 36.7 Å². The second-order valence-electron chi connectivity index (χ2n) is 8.35. The Morgan fingerprint density at radius 3 is 2.67 bits per heavy atom. The molecule has 1 N–H and O–H groups in total. The Balaban J connectivity index is 1.75. The SMILES string of the molecule is COC(=O)CCCN1C(=S)NC(c2ccccn2)C1c1cc(C)n(-c2cc(C)ccn2)c1C. The number of methoxy groups -OCH3 is 1. The van der Waals surface area contributed by atoms with Crippen LogP contribution in [0.1, 0.15) is 53.1 Å². The van der Waals surface area contributed by atoms with Gasteiger partial charge in [-0.3, -0.25) is 9.78 Å². The molecule has 172 valence electrons. The Morgan fingerprint density at radius 1 is 1.15 bits per heavy atom. The molecular weight excluding hydrogens is 434 g/mol. The number of pyridine rings is 2.